The number of hydrogen-bond donors (Lipinski definition) is 2. The van der Waals surface area contributed by atoms with Gasteiger partial charge >= 0.3 is 6.03 Å². The number of imide groups is 1. The van der Waals surface area contributed by atoms with E-state index in [1.807, 2.05) is 0 Å². The molecule has 3 aliphatic heterocycles. The van der Waals surface area contributed by atoms with Crippen LogP contribution < -0.4 is 10.6 Å². The Morgan fingerprint density at radius 1 is 1.14 bits per heavy atom. The summed E-state index contributed by atoms with van der Waals surface area (Å²) in [5, 5.41) is 4.89. The van der Waals surface area contributed by atoms with Crippen molar-refractivity contribution in [1.29, 1.82) is 0 Å². The summed E-state index contributed by atoms with van der Waals surface area (Å²) in [6.45, 7) is 1.81. The topological polar surface area (TPSA) is 130 Å². The van der Waals surface area contributed by atoms with Gasteiger partial charge in [-0.05, 0) is 18.9 Å². The summed E-state index contributed by atoms with van der Waals surface area (Å²) in [5.74, 6) is -0.678. The molecule has 4 heterocycles. The molecule has 1 aromatic heterocycles. The Labute approximate surface area is 168 Å². The number of sulfonamides is 1. The Morgan fingerprint density at radius 2 is 1.79 bits per heavy atom. The first-order valence-electron chi connectivity index (χ1n) is 9.40. The van der Waals surface area contributed by atoms with Crippen LogP contribution in [0.25, 0.3) is 0 Å². The lowest BCUT2D eigenvalue weighted by Crippen LogP contribution is -2.55. The first kappa shape index (κ1) is 19.9. The van der Waals surface area contributed by atoms with Crippen LogP contribution in [0.4, 0.5) is 4.79 Å². The molecule has 4 amide bonds. The molecule has 29 heavy (non-hydrogen) atoms. The standard InChI is InChI=1S/C17H23N5O6S/c1-20-11-12(29(26,27)22-6-8-28-9-7-22)10-13(20)14(23)21-4-2-17(3-5-21)15(24)18-16(25)19-17/h10-11H,2-9H2,1H3,(H2,18,19,24,25). The maximum Gasteiger partial charge on any atom is 0.322 e. The minimum absolute atomic E-state index is 0.0705. The van der Waals surface area contributed by atoms with Crippen LogP contribution in [-0.2, 0) is 26.6 Å². The van der Waals surface area contributed by atoms with E-state index >= 15 is 0 Å². The van der Waals surface area contributed by atoms with Crippen molar-refractivity contribution in [3.63, 3.8) is 0 Å². The van der Waals surface area contributed by atoms with Crippen LogP contribution in [-0.4, -0.2) is 85.0 Å². The molecule has 1 spiro atoms. The van der Waals surface area contributed by atoms with Gasteiger partial charge in [-0.2, -0.15) is 4.31 Å². The smallest absolute Gasteiger partial charge is 0.322 e. The molecule has 2 N–H and O–H groups in total. The van der Waals surface area contributed by atoms with Gasteiger partial charge in [0.05, 0.1) is 13.2 Å². The molecular weight excluding hydrogens is 402 g/mol. The van der Waals surface area contributed by atoms with Gasteiger partial charge in [0.2, 0.25) is 10.0 Å². The minimum atomic E-state index is -3.70. The molecule has 0 atom stereocenters. The van der Waals surface area contributed by atoms with Crippen molar-refractivity contribution in [2.75, 3.05) is 39.4 Å². The number of urea groups is 1. The maximum absolute atomic E-state index is 13.0. The van der Waals surface area contributed by atoms with E-state index < -0.39 is 21.6 Å². The van der Waals surface area contributed by atoms with Gasteiger partial charge in [0.15, 0.2) is 0 Å². The highest BCUT2D eigenvalue weighted by Crippen LogP contribution is 2.27. The quantitative estimate of drug-likeness (QED) is 0.589. The van der Waals surface area contributed by atoms with E-state index in [0.29, 0.717) is 26.1 Å². The van der Waals surface area contributed by atoms with E-state index in [1.165, 1.54) is 21.1 Å². The normalized spacial score (nSPS) is 22.6. The number of nitrogens with zero attached hydrogens (tertiary/aromatic N) is 3. The second-order valence-corrected chi connectivity index (χ2v) is 9.41. The summed E-state index contributed by atoms with van der Waals surface area (Å²) >= 11 is 0. The lowest BCUT2D eigenvalue weighted by Gasteiger charge is -2.36. The van der Waals surface area contributed by atoms with E-state index in [9.17, 15) is 22.8 Å². The molecule has 3 saturated heterocycles. The monoisotopic (exact) mass is 425 g/mol. The zero-order valence-corrected chi connectivity index (χ0v) is 16.8. The molecule has 11 nitrogen and oxygen atoms in total. The number of aromatic nitrogens is 1. The highest BCUT2D eigenvalue weighted by molar-refractivity contribution is 7.89. The molecule has 0 saturated carbocycles. The lowest BCUT2D eigenvalue weighted by atomic mass is 9.87. The van der Waals surface area contributed by atoms with E-state index in [1.54, 1.807) is 11.9 Å². The summed E-state index contributed by atoms with van der Waals surface area (Å²) in [6, 6.07) is 0.872. The van der Waals surface area contributed by atoms with Crippen molar-refractivity contribution in [2.45, 2.75) is 23.3 Å². The van der Waals surface area contributed by atoms with Crippen molar-refractivity contribution in [3.8, 4) is 0 Å². The van der Waals surface area contributed by atoms with Gasteiger partial charge < -0.3 is 19.5 Å². The number of nitrogens with one attached hydrogen (secondary N) is 2. The second-order valence-electron chi connectivity index (χ2n) is 7.47. The number of carbonyl (C=O) groups excluding carboxylic acids is 3. The van der Waals surface area contributed by atoms with Crippen molar-refractivity contribution in [3.05, 3.63) is 18.0 Å². The number of likely N-dealkylation sites (tertiary alicyclic amines) is 1. The minimum Gasteiger partial charge on any atom is -0.379 e. The highest BCUT2D eigenvalue weighted by Gasteiger charge is 2.48. The van der Waals surface area contributed by atoms with Gasteiger partial charge in [-0.15, -0.1) is 0 Å². The number of aryl methyl sites for hydroxylation is 1. The summed E-state index contributed by atoms with van der Waals surface area (Å²) in [6.07, 6.45) is 2.05. The first-order chi connectivity index (χ1) is 13.7. The Hall–Kier alpha value is -2.44. The molecule has 0 radical (unpaired) electrons. The largest absolute Gasteiger partial charge is 0.379 e. The van der Waals surface area contributed by atoms with Crippen LogP contribution >= 0.6 is 0 Å². The summed E-state index contributed by atoms with van der Waals surface area (Å²) < 4.78 is 33.7. The van der Waals surface area contributed by atoms with Crippen molar-refractivity contribution < 1.29 is 27.5 Å². The molecule has 0 aliphatic carbocycles. The molecule has 3 aliphatic rings. The first-order valence-corrected chi connectivity index (χ1v) is 10.8. The predicted octanol–water partition coefficient (Wildman–Crippen LogP) is -1.14. The maximum atomic E-state index is 13.0. The third-order valence-corrected chi connectivity index (χ3v) is 7.59. The fourth-order valence-electron chi connectivity index (χ4n) is 3.96. The fraction of sp³-hybridized carbons (Fsp3) is 0.588. The van der Waals surface area contributed by atoms with Crippen LogP contribution in [0.2, 0.25) is 0 Å². The number of hydrogen-bond acceptors (Lipinski definition) is 6. The number of piperidine rings is 1. The van der Waals surface area contributed by atoms with E-state index in [2.05, 4.69) is 10.6 Å². The second kappa shape index (κ2) is 7.11. The Bertz CT molecular complexity index is 957. The van der Waals surface area contributed by atoms with Gasteiger partial charge in [-0.3, -0.25) is 14.9 Å². The van der Waals surface area contributed by atoms with Crippen molar-refractivity contribution >= 4 is 27.9 Å². The molecule has 4 rings (SSSR count). The zero-order chi connectivity index (χ0) is 20.8. The van der Waals surface area contributed by atoms with Crippen molar-refractivity contribution in [2.24, 2.45) is 7.05 Å². The average molecular weight is 425 g/mol. The molecular formula is C17H23N5O6S. The molecule has 0 aromatic carbocycles. The summed E-state index contributed by atoms with van der Waals surface area (Å²) in [4.78, 5) is 38.1. The van der Waals surface area contributed by atoms with Gasteiger partial charge in [0.1, 0.15) is 16.1 Å². The van der Waals surface area contributed by atoms with Gasteiger partial charge in [-0.1, -0.05) is 0 Å². The molecule has 158 valence electrons. The third-order valence-electron chi connectivity index (χ3n) is 5.73. The van der Waals surface area contributed by atoms with Crippen molar-refractivity contribution in [1.82, 2.24) is 24.4 Å². The SMILES string of the molecule is Cn1cc(S(=O)(=O)N2CCOCC2)cc1C(=O)N1CCC2(CC1)NC(=O)NC2=O. The van der Waals surface area contributed by atoms with Gasteiger partial charge in [0.25, 0.3) is 11.8 Å². The molecule has 12 heteroatoms. The predicted molar refractivity (Wildman–Crippen MR) is 99.5 cm³/mol. The summed E-state index contributed by atoms with van der Waals surface area (Å²) in [5.41, 5.74) is -0.708. The van der Waals surface area contributed by atoms with E-state index in [4.69, 9.17) is 4.74 Å². The number of carbonyl (C=O) groups is 3. The Balaban J connectivity index is 1.49. The molecule has 0 unspecified atom stereocenters. The fourth-order valence-corrected chi connectivity index (χ4v) is 5.44. The number of ether oxygens (including phenoxy) is 1. The van der Waals surface area contributed by atoms with Crippen LogP contribution in [0.15, 0.2) is 17.2 Å². The number of amides is 4. The molecule has 0 bridgehead atoms. The number of morpholine rings is 1. The zero-order valence-electron chi connectivity index (χ0n) is 16.0. The van der Waals surface area contributed by atoms with E-state index in [-0.39, 0.29) is 48.6 Å². The lowest BCUT2D eigenvalue weighted by molar-refractivity contribution is -0.125. The highest BCUT2D eigenvalue weighted by atomic mass is 32.2. The van der Waals surface area contributed by atoms with Crippen LogP contribution in [0, 0.1) is 0 Å². The average Bonchev–Trinajstić information content (AvgIpc) is 3.22. The van der Waals surface area contributed by atoms with Crippen LogP contribution in [0.3, 0.4) is 0 Å². The van der Waals surface area contributed by atoms with Crippen LogP contribution in [0.1, 0.15) is 23.3 Å². The molecule has 3 fully saturated rings. The Morgan fingerprint density at radius 3 is 2.38 bits per heavy atom. The van der Waals surface area contributed by atoms with Gasteiger partial charge in [0, 0.05) is 39.4 Å². The summed E-state index contributed by atoms with van der Waals surface area (Å²) in [7, 11) is -2.07. The number of rotatable bonds is 3. The Kier molecular flexibility index (Phi) is 4.87. The molecule has 1 aromatic rings. The third kappa shape index (κ3) is 3.40. The van der Waals surface area contributed by atoms with E-state index in [0.717, 1.165) is 0 Å². The van der Waals surface area contributed by atoms with Crippen LogP contribution in [0.5, 0.6) is 0 Å². The van der Waals surface area contributed by atoms with Gasteiger partial charge in [-0.25, -0.2) is 13.2 Å².